The molecule has 0 unspecified atom stereocenters. The number of nitrogens with one attached hydrogen (secondary N) is 1. The molecule has 7 heteroatoms. The zero-order valence-electron chi connectivity index (χ0n) is 9.94. The molecule has 0 aliphatic rings. The normalized spacial score (nSPS) is 10.4. The molecule has 1 N–H and O–H groups in total. The lowest BCUT2D eigenvalue weighted by Crippen LogP contribution is -2.30. The van der Waals surface area contributed by atoms with Crippen molar-refractivity contribution in [2.45, 2.75) is 13.5 Å². The van der Waals surface area contributed by atoms with Crippen LogP contribution in [0.3, 0.4) is 0 Å². The van der Waals surface area contributed by atoms with E-state index in [9.17, 15) is 4.79 Å². The van der Waals surface area contributed by atoms with Crippen LogP contribution < -0.4 is 5.32 Å². The van der Waals surface area contributed by atoms with E-state index >= 15 is 0 Å². The highest BCUT2D eigenvalue weighted by Gasteiger charge is 2.12. The van der Waals surface area contributed by atoms with Crippen LogP contribution in [0.5, 0.6) is 0 Å². The number of aromatic nitrogens is 1. The molecule has 2 aromatic heterocycles. The number of rotatable bonds is 3. The number of nitrogens with zero attached hydrogens (tertiary/aromatic N) is 2. The first-order valence-electron chi connectivity index (χ1n) is 5.24. The Labute approximate surface area is 113 Å². The summed E-state index contributed by atoms with van der Waals surface area (Å²) >= 11 is 7.29. The van der Waals surface area contributed by atoms with Gasteiger partial charge in [-0.2, -0.15) is 0 Å². The standard InChI is InChI=1S/C11H12ClN3O2S/c1-7-5-10(14-17-7)13-11(16)15(2)6-8-3-4-9(12)18-8/h3-5H,6H2,1-2H3,(H,13,14,16). The average molecular weight is 286 g/mol. The van der Waals surface area contributed by atoms with Crippen LogP contribution in [-0.2, 0) is 6.54 Å². The van der Waals surface area contributed by atoms with Gasteiger partial charge in [0.25, 0.3) is 0 Å². The SMILES string of the molecule is Cc1cc(NC(=O)N(C)Cc2ccc(Cl)s2)no1. The van der Waals surface area contributed by atoms with Gasteiger partial charge in [0, 0.05) is 18.0 Å². The molecule has 0 bridgehead atoms. The Morgan fingerprint density at radius 1 is 1.61 bits per heavy atom. The monoisotopic (exact) mass is 285 g/mol. The second-order valence-corrected chi connectivity index (χ2v) is 5.61. The molecule has 2 amide bonds. The van der Waals surface area contributed by atoms with E-state index in [0.29, 0.717) is 22.5 Å². The summed E-state index contributed by atoms with van der Waals surface area (Å²) in [5.74, 6) is 1.06. The number of carbonyl (C=O) groups is 1. The quantitative estimate of drug-likeness (QED) is 0.941. The summed E-state index contributed by atoms with van der Waals surface area (Å²) in [6, 6.07) is 5.13. The summed E-state index contributed by atoms with van der Waals surface area (Å²) in [7, 11) is 1.70. The zero-order valence-corrected chi connectivity index (χ0v) is 11.5. The smallest absolute Gasteiger partial charge is 0.323 e. The van der Waals surface area contributed by atoms with E-state index in [4.69, 9.17) is 16.1 Å². The lowest BCUT2D eigenvalue weighted by Gasteiger charge is -2.15. The van der Waals surface area contributed by atoms with Crippen LogP contribution in [0.1, 0.15) is 10.6 Å². The number of carbonyl (C=O) groups excluding carboxylic acids is 1. The number of aryl methyl sites for hydroxylation is 1. The van der Waals surface area contributed by atoms with Gasteiger partial charge in [-0.25, -0.2) is 4.79 Å². The molecule has 0 atom stereocenters. The van der Waals surface area contributed by atoms with Crippen molar-refractivity contribution in [2.75, 3.05) is 12.4 Å². The van der Waals surface area contributed by atoms with Gasteiger partial charge in [0.15, 0.2) is 5.82 Å². The minimum absolute atomic E-state index is 0.243. The van der Waals surface area contributed by atoms with Gasteiger partial charge in [-0.3, -0.25) is 5.32 Å². The second-order valence-electron chi connectivity index (χ2n) is 3.81. The van der Waals surface area contributed by atoms with E-state index in [2.05, 4.69) is 10.5 Å². The molecule has 18 heavy (non-hydrogen) atoms. The molecule has 2 heterocycles. The molecule has 2 rings (SSSR count). The van der Waals surface area contributed by atoms with Gasteiger partial charge in [0.05, 0.1) is 10.9 Å². The highest BCUT2D eigenvalue weighted by Crippen LogP contribution is 2.22. The molecule has 5 nitrogen and oxygen atoms in total. The fourth-order valence-corrected chi connectivity index (χ4v) is 2.51. The molecule has 96 valence electrons. The van der Waals surface area contributed by atoms with Crippen molar-refractivity contribution < 1.29 is 9.32 Å². The third kappa shape index (κ3) is 3.24. The molecule has 0 aliphatic heterocycles. The van der Waals surface area contributed by atoms with E-state index < -0.39 is 0 Å². The highest BCUT2D eigenvalue weighted by atomic mass is 35.5. The summed E-state index contributed by atoms with van der Waals surface area (Å²) in [4.78, 5) is 14.4. The maximum Gasteiger partial charge on any atom is 0.323 e. The minimum Gasteiger partial charge on any atom is -0.360 e. The Balaban J connectivity index is 1.92. The predicted octanol–water partition coefficient (Wildman–Crippen LogP) is 3.36. The predicted molar refractivity (Wildman–Crippen MR) is 71.1 cm³/mol. The van der Waals surface area contributed by atoms with Crippen LogP contribution in [0, 0.1) is 6.92 Å². The molecule has 0 fully saturated rings. The zero-order chi connectivity index (χ0) is 13.1. The van der Waals surface area contributed by atoms with Gasteiger partial charge in [0.2, 0.25) is 0 Å². The number of hydrogen-bond donors (Lipinski definition) is 1. The van der Waals surface area contributed by atoms with Gasteiger partial charge in [-0.1, -0.05) is 16.8 Å². The number of halogens is 1. The third-order valence-corrected chi connectivity index (χ3v) is 3.45. The van der Waals surface area contributed by atoms with Gasteiger partial charge < -0.3 is 9.42 Å². The lowest BCUT2D eigenvalue weighted by atomic mass is 10.4. The van der Waals surface area contributed by atoms with Crippen LogP contribution in [0.25, 0.3) is 0 Å². The molecule has 0 radical (unpaired) electrons. The summed E-state index contributed by atoms with van der Waals surface area (Å²) in [6.07, 6.45) is 0. The fraction of sp³-hybridized carbons (Fsp3) is 0.273. The fourth-order valence-electron chi connectivity index (χ4n) is 1.37. The highest BCUT2D eigenvalue weighted by molar-refractivity contribution is 7.16. The van der Waals surface area contributed by atoms with Crippen LogP contribution in [0.15, 0.2) is 22.7 Å². The number of urea groups is 1. The lowest BCUT2D eigenvalue weighted by molar-refractivity contribution is 0.221. The maximum absolute atomic E-state index is 11.8. The van der Waals surface area contributed by atoms with E-state index in [1.165, 1.54) is 11.3 Å². The van der Waals surface area contributed by atoms with Crippen molar-refractivity contribution in [1.82, 2.24) is 10.1 Å². The first-order chi connectivity index (χ1) is 8.54. The maximum atomic E-state index is 11.8. The number of anilines is 1. The number of thiophene rings is 1. The van der Waals surface area contributed by atoms with Crippen LogP contribution in [-0.4, -0.2) is 23.1 Å². The Kier molecular flexibility index (Phi) is 3.88. The van der Waals surface area contributed by atoms with E-state index in [1.807, 2.05) is 12.1 Å². The van der Waals surface area contributed by atoms with E-state index in [-0.39, 0.29) is 6.03 Å². The van der Waals surface area contributed by atoms with Crippen molar-refractivity contribution in [3.05, 3.63) is 33.2 Å². The molecule has 0 spiro atoms. The van der Waals surface area contributed by atoms with Gasteiger partial charge in [-0.05, 0) is 19.1 Å². The molecule has 0 saturated carbocycles. The van der Waals surface area contributed by atoms with Crippen LogP contribution >= 0.6 is 22.9 Å². The Morgan fingerprint density at radius 2 is 2.39 bits per heavy atom. The summed E-state index contributed by atoms with van der Waals surface area (Å²) < 4.78 is 5.58. The summed E-state index contributed by atoms with van der Waals surface area (Å²) in [5, 5.41) is 6.34. The van der Waals surface area contributed by atoms with Crippen LogP contribution in [0.4, 0.5) is 10.6 Å². The molecular weight excluding hydrogens is 274 g/mol. The summed E-state index contributed by atoms with van der Waals surface area (Å²) in [6.45, 7) is 2.26. The van der Waals surface area contributed by atoms with E-state index in [0.717, 1.165) is 4.88 Å². The molecule has 0 aromatic carbocycles. The number of amides is 2. The minimum atomic E-state index is -0.243. The Hall–Kier alpha value is -1.53. The largest absolute Gasteiger partial charge is 0.360 e. The first-order valence-corrected chi connectivity index (χ1v) is 6.43. The van der Waals surface area contributed by atoms with E-state index in [1.54, 1.807) is 24.9 Å². The van der Waals surface area contributed by atoms with Crippen molar-refractivity contribution >= 4 is 34.8 Å². The molecule has 2 aromatic rings. The molecule has 0 saturated heterocycles. The van der Waals surface area contributed by atoms with Gasteiger partial charge in [0.1, 0.15) is 5.76 Å². The van der Waals surface area contributed by atoms with Crippen molar-refractivity contribution in [3.63, 3.8) is 0 Å². The third-order valence-electron chi connectivity index (χ3n) is 2.23. The topological polar surface area (TPSA) is 58.4 Å². The van der Waals surface area contributed by atoms with Gasteiger partial charge >= 0.3 is 6.03 Å². The molecule has 0 aliphatic carbocycles. The van der Waals surface area contributed by atoms with Gasteiger partial charge in [-0.15, -0.1) is 11.3 Å². The van der Waals surface area contributed by atoms with Crippen molar-refractivity contribution in [1.29, 1.82) is 0 Å². The summed E-state index contributed by atoms with van der Waals surface area (Å²) in [5.41, 5.74) is 0. The van der Waals surface area contributed by atoms with Crippen molar-refractivity contribution in [2.24, 2.45) is 0 Å². The first kappa shape index (κ1) is 12.9. The van der Waals surface area contributed by atoms with Crippen LogP contribution in [0.2, 0.25) is 4.34 Å². The Morgan fingerprint density at radius 3 is 2.94 bits per heavy atom. The number of hydrogen-bond acceptors (Lipinski definition) is 4. The average Bonchev–Trinajstić information content (AvgIpc) is 2.88. The van der Waals surface area contributed by atoms with Crippen molar-refractivity contribution in [3.8, 4) is 0 Å². The second kappa shape index (κ2) is 5.41. The molecular formula is C11H12ClN3O2S. The Bertz CT molecular complexity index is 552.